The molecule has 1 aromatic carbocycles. The molecule has 2 aromatic rings. The maximum atomic E-state index is 11.6. The van der Waals surface area contributed by atoms with Gasteiger partial charge in [-0.3, -0.25) is 9.59 Å². The normalized spacial score (nSPS) is 10.7. The van der Waals surface area contributed by atoms with Gasteiger partial charge in [-0.1, -0.05) is 18.2 Å². The van der Waals surface area contributed by atoms with Crippen molar-refractivity contribution in [2.24, 2.45) is 5.92 Å². The van der Waals surface area contributed by atoms with Crippen LogP contribution in [0.2, 0.25) is 0 Å². The average molecular weight is 261 g/mol. The number of nitrogens with one attached hydrogen (secondary N) is 1. The van der Waals surface area contributed by atoms with Crippen molar-refractivity contribution in [3.05, 3.63) is 36.0 Å². The number of rotatable bonds is 4. The number of methoxy groups -OCH3 is 2. The average Bonchev–Trinajstić information content (AvgIpc) is 2.86. The molecule has 0 bridgehead atoms. The maximum Gasteiger partial charge on any atom is 0.320 e. The van der Waals surface area contributed by atoms with Crippen LogP contribution in [0.1, 0.15) is 5.56 Å². The Morgan fingerprint density at radius 3 is 2.42 bits per heavy atom. The van der Waals surface area contributed by atoms with Crippen molar-refractivity contribution in [2.45, 2.75) is 6.42 Å². The Balaban J connectivity index is 2.31. The van der Waals surface area contributed by atoms with Crippen LogP contribution in [-0.2, 0) is 25.5 Å². The first kappa shape index (κ1) is 13.1. The van der Waals surface area contributed by atoms with Crippen LogP contribution in [-0.4, -0.2) is 31.1 Å². The minimum Gasteiger partial charge on any atom is -0.468 e. The Morgan fingerprint density at radius 1 is 1.16 bits per heavy atom. The minimum absolute atomic E-state index is 0.253. The molecule has 1 aromatic heterocycles. The smallest absolute Gasteiger partial charge is 0.320 e. The van der Waals surface area contributed by atoms with Crippen molar-refractivity contribution >= 4 is 22.8 Å². The topological polar surface area (TPSA) is 68.4 Å². The molecule has 19 heavy (non-hydrogen) atoms. The second kappa shape index (κ2) is 5.56. The SMILES string of the molecule is COC(=O)C(Cc1c[nH]c2ccccc12)C(=O)OC. The number of hydrogen-bond acceptors (Lipinski definition) is 4. The van der Waals surface area contributed by atoms with Gasteiger partial charge in [-0.25, -0.2) is 0 Å². The lowest BCUT2D eigenvalue weighted by molar-refractivity contribution is -0.158. The highest BCUT2D eigenvalue weighted by molar-refractivity contribution is 5.96. The molecule has 100 valence electrons. The van der Waals surface area contributed by atoms with E-state index in [1.165, 1.54) is 14.2 Å². The highest BCUT2D eigenvalue weighted by Gasteiger charge is 2.29. The van der Waals surface area contributed by atoms with E-state index < -0.39 is 17.9 Å². The first-order chi connectivity index (χ1) is 9.17. The molecule has 0 amide bonds. The fourth-order valence-electron chi connectivity index (χ4n) is 2.07. The number of ether oxygens (including phenoxy) is 2. The molecule has 5 heteroatoms. The van der Waals surface area contributed by atoms with Gasteiger partial charge in [0, 0.05) is 17.1 Å². The fraction of sp³-hybridized carbons (Fsp3) is 0.286. The summed E-state index contributed by atoms with van der Waals surface area (Å²) in [5.74, 6) is -2.11. The van der Waals surface area contributed by atoms with Crippen LogP contribution < -0.4 is 0 Å². The standard InChI is InChI=1S/C14H15NO4/c1-18-13(16)11(14(17)19-2)7-9-8-15-12-6-4-3-5-10(9)12/h3-6,8,11,15H,7H2,1-2H3. The van der Waals surface area contributed by atoms with Gasteiger partial charge in [0.15, 0.2) is 5.92 Å². The quantitative estimate of drug-likeness (QED) is 0.671. The first-order valence-electron chi connectivity index (χ1n) is 5.88. The van der Waals surface area contributed by atoms with E-state index in [2.05, 4.69) is 14.5 Å². The summed E-state index contributed by atoms with van der Waals surface area (Å²) in [6, 6.07) is 7.70. The van der Waals surface area contributed by atoms with E-state index in [-0.39, 0.29) is 6.42 Å². The zero-order valence-corrected chi connectivity index (χ0v) is 10.8. The lowest BCUT2D eigenvalue weighted by atomic mass is 9.99. The number of H-pyrrole nitrogens is 1. The minimum atomic E-state index is -0.936. The second-order valence-electron chi connectivity index (χ2n) is 4.16. The zero-order valence-electron chi connectivity index (χ0n) is 10.8. The number of benzene rings is 1. The molecule has 0 aliphatic carbocycles. The summed E-state index contributed by atoms with van der Waals surface area (Å²) >= 11 is 0. The number of para-hydroxylation sites is 1. The van der Waals surface area contributed by atoms with Gasteiger partial charge in [-0.2, -0.15) is 0 Å². The van der Waals surface area contributed by atoms with E-state index in [1.54, 1.807) is 6.20 Å². The molecule has 0 spiro atoms. The molecule has 0 radical (unpaired) electrons. The molecule has 0 fully saturated rings. The van der Waals surface area contributed by atoms with Crippen molar-refractivity contribution in [1.82, 2.24) is 4.98 Å². The number of fused-ring (bicyclic) bond motifs is 1. The molecular weight excluding hydrogens is 246 g/mol. The zero-order chi connectivity index (χ0) is 13.8. The predicted octanol–water partition coefficient (Wildman–Crippen LogP) is 1.67. The molecule has 5 nitrogen and oxygen atoms in total. The van der Waals surface area contributed by atoms with Gasteiger partial charge in [-0.05, 0) is 18.1 Å². The second-order valence-corrected chi connectivity index (χ2v) is 4.16. The van der Waals surface area contributed by atoms with Gasteiger partial charge in [0.05, 0.1) is 14.2 Å². The van der Waals surface area contributed by atoms with Gasteiger partial charge in [0.25, 0.3) is 0 Å². The number of hydrogen-bond donors (Lipinski definition) is 1. The first-order valence-corrected chi connectivity index (χ1v) is 5.88. The van der Waals surface area contributed by atoms with Crippen LogP contribution in [0.25, 0.3) is 10.9 Å². The number of esters is 2. The van der Waals surface area contributed by atoms with Gasteiger partial charge in [0.1, 0.15) is 0 Å². The van der Waals surface area contributed by atoms with Crippen LogP contribution in [0.5, 0.6) is 0 Å². The van der Waals surface area contributed by atoms with Crippen molar-refractivity contribution in [1.29, 1.82) is 0 Å². The Hall–Kier alpha value is -2.30. The molecule has 1 N–H and O–H groups in total. The van der Waals surface area contributed by atoms with E-state index in [1.807, 2.05) is 24.3 Å². The van der Waals surface area contributed by atoms with E-state index in [0.717, 1.165) is 16.5 Å². The molecule has 2 rings (SSSR count). The maximum absolute atomic E-state index is 11.6. The van der Waals surface area contributed by atoms with Crippen LogP contribution in [0.4, 0.5) is 0 Å². The summed E-state index contributed by atoms with van der Waals surface area (Å²) in [5.41, 5.74) is 1.85. The van der Waals surface area contributed by atoms with Crippen molar-refractivity contribution in [3.8, 4) is 0 Å². The Morgan fingerprint density at radius 2 is 1.79 bits per heavy atom. The summed E-state index contributed by atoms with van der Waals surface area (Å²) in [5, 5.41) is 0.986. The van der Waals surface area contributed by atoms with Crippen molar-refractivity contribution in [2.75, 3.05) is 14.2 Å². The number of carbonyl (C=O) groups excluding carboxylic acids is 2. The molecule has 0 atom stereocenters. The van der Waals surface area contributed by atoms with Gasteiger partial charge in [-0.15, -0.1) is 0 Å². The van der Waals surface area contributed by atoms with E-state index >= 15 is 0 Å². The summed E-state index contributed by atoms with van der Waals surface area (Å²) in [7, 11) is 2.51. The molecule has 1 heterocycles. The Labute approximate surface area is 110 Å². The summed E-state index contributed by atoms with van der Waals surface area (Å²) in [6.45, 7) is 0. The van der Waals surface area contributed by atoms with Crippen molar-refractivity contribution < 1.29 is 19.1 Å². The monoisotopic (exact) mass is 261 g/mol. The Bertz CT molecular complexity index is 586. The largest absolute Gasteiger partial charge is 0.468 e. The van der Waals surface area contributed by atoms with Crippen LogP contribution >= 0.6 is 0 Å². The number of aromatic nitrogens is 1. The highest BCUT2D eigenvalue weighted by atomic mass is 16.5. The molecule has 0 saturated heterocycles. The lowest BCUT2D eigenvalue weighted by Crippen LogP contribution is -2.28. The lowest BCUT2D eigenvalue weighted by Gasteiger charge is -2.11. The van der Waals surface area contributed by atoms with E-state index in [9.17, 15) is 9.59 Å². The van der Waals surface area contributed by atoms with E-state index in [4.69, 9.17) is 0 Å². The number of carbonyl (C=O) groups is 2. The molecule has 0 saturated carbocycles. The fourth-order valence-corrected chi connectivity index (χ4v) is 2.07. The van der Waals surface area contributed by atoms with Gasteiger partial charge < -0.3 is 14.5 Å². The Kier molecular flexibility index (Phi) is 3.85. The number of aromatic amines is 1. The predicted molar refractivity (Wildman–Crippen MR) is 69.5 cm³/mol. The molecule has 0 aliphatic heterocycles. The van der Waals surface area contributed by atoms with Crippen LogP contribution in [0, 0.1) is 5.92 Å². The third-order valence-electron chi connectivity index (χ3n) is 3.07. The molecule has 0 aliphatic rings. The molecule has 0 unspecified atom stereocenters. The summed E-state index contributed by atoms with van der Waals surface area (Å²) < 4.78 is 9.29. The third kappa shape index (κ3) is 2.59. The van der Waals surface area contributed by atoms with Crippen LogP contribution in [0.15, 0.2) is 30.5 Å². The summed E-state index contributed by atoms with van der Waals surface area (Å²) in [6.07, 6.45) is 2.05. The summed E-state index contributed by atoms with van der Waals surface area (Å²) in [4.78, 5) is 26.4. The van der Waals surface area contributed by atoms with Crippen molar-refractivity contribution in [3.63, 3.8) is 0 Å². The van der Waals surface area contributed by atoms with Crippen LogP contribution in [0.3, 0.4) is 0 Å². The third-order valence-corrected chi connectivity index (χ3v) is 3.07. The molecular formula is C14H15NO4. The van der Waals surface area contributed by atoms with Gasteiger partial charge >= 0.3 is 11.9 Å². The van der Waals surface area contributed by atoms with Gasteiger partial charge in [0.2, 0.25) is 0 Å². The van der Waals surface area contributed by atoms with E-state index in [0.29, 0.717) is 0 Å². The highest BCUT2D eigenvalue weighted by Crippen LogP contribution is 2.21.